The third kappa shape index (κ3) is 4.17. The van der Waals surface area contributed by atoms with Gasteiger partial charge in [-0.25, -0.2) is 0 Å². The van der Waals surface area contributed by atoms with Crippen LogP contribution in [-0.4, -0.2) is 33.2 Å². The van der Waals surface area contributed by atoms with Gasteiger partial charge in [0.05, 0.1) is 17.4 Å². The Morgan fingerprint density at radius 3 is 2.49 bits per heavy atom. The van der Waals surface area contributed by atoms with Gasteiger partial charge in [0.2, 0.25) is 5.43 Å². The molecule has 0 radical (unpaired) electrons. The van der Waals surface area contributed by atoms with Crippen LogP contribution in [0.3, 0.4) is 0 Å². The van der Waals surface area contributed by atoms with Gasteiger partial charge >= 0.3 is 0 Å². The molecule has 1 aromatic heterocycles. The molecule has 4 N–H and O–H groups in total. The SMILES string of the molecule is CC(C)(O)[C@@H]1Cc2c(cc3oc4c(c(=O)c3c2OC2CCCC2)[C@@H](c2ccc(NO)cc2)CC[C@@H]4O)O1. The maximum absolute atomic E-state index is 14.3. The third-order valence-electron chi connectivity index (χ3n) is 8.12. The topological polar surface area (TPSA) is 121 Å². The molecule has 1 saturated carbocycles. The van der Waals surface area contributed by atoms with Crippen molar-refractivity contribution < 1.29 is 29.3 Å². The maximum atomic E-state index is 14.3. The van der Waals surface area contributed by atoms with Gasteiger partial charge < -0.3 is 24.1 Å². The van der Waals surface area contributed by atoms with Gasteiger partial charge in [0.1, 0.15) is 40.4 Å². The van der Waals surface area contributed by atoms with Gasteiger partial charge in [0.25, 0.3) is 0 Å². The molecule has 8 nitrogen and oxygen atoms in total. The van der Waals surface area contributed by atoms with Gasteiger partial charge in [0, 0.05) is 29.5 Å². The van der Waals surface area contributed by atoms with E-state index in [1.54, 1.807) is 32.0 Å². The first-order valence-electron chi connectivity index (χ1n) is 13.1. The number of aliphatic hydroxyl groups is 2. The first-order chi connectivity index (χ1) is 17.7. The Hall–Kier alpha value is -3.07. The molecule has 0 saturated heterocycles. The second-order valence-electron chi connectivity index (χ2n) is 11.1. The Morgan fingerprint density at radius 2 is 1.81 bits per heavy atom. The minimum Gasteiger partial charge on any atom is -0.489 e. The monoisotopic (exact) mass is 507 g/mol. The lowest BCUT2D eigenvalue weighted by atomic mass is 9.79. The van der Waals surface area contributed by atoms with E-state index >= 15 is 0 Å². The Balaban J connectivity index is 1.56. The van der Waals surface area contributed by atoms with E-state index in [0.29, 0.717) is 53.0 Å². The van der Waals surface area contributed by atoms with Crippen molar-refractivity contribution in [1.29, 1.82) is 0 Å². The molecule has 1 aliphatic heterocycles. The molecular formula is C29H33NO7. The fourth-order valence-corrected chi connectivity index (χ4v) is 6.04. The molecule has 0 spiro atoms. The highest BCUT2D eigenvalue weighted by atomic mass is 16.5. The summed E-state index contributed by atoms with van der Waals surface area (Å²) in [6, 6.07) is 8.94. The molecule has 0 bridgehead atoms. The molecule has 8 heteroatoms. The summed E-state index contributed by atoms with van der Waals surface area (Å²) in [4.78, 5) is 14.3. The molecule has 2 aliphatic carbocycles. The molecule has 3 aliphatic rings. The molecule has 1 fully saturated rings. The zero-order valence-electron chi connectivity index (χ0n) is 21.1. The average Bonchev–Trinajstić information content (AvgIpc) is 3.55. The summed E-state index contributed by atoms with van der Waals surface area (Å²) >= 11 is 0. The van der Waals surface area contributed by atoms with Gasteiger partial charge in [-0.05, 0) is 70.1 Å². The van der Waals surface area contributed by atoms with E-state index in [2.05, 4.69) is 5.48 Å². The van der Waals surface area contributed by atoms with Crippen LogP contribution in [-0.2, 0) is 6.42 Å². The largest absolute Gasteiger partial charge is 0.489 e. The number of benzene rings is 2. The Kier molecular flexibility index (Phi) is 5.93. The van der Waals surface area contributed by atoms with Gasteiger partial charge in [0.15, 0.2) is 0 Å². The van der Waals surface area contributed by atoms with Crippen molar-refractivity contribution >= 4 is 16.7 Å². The van der Waals surface area contributed by atoms with Crippen LogP contribution in [0.15, 0.2) is 39.5 Å². The summed E-state index contributed by atoms with van der Waals surface area (Å²) in [6.45, 7) is 3.42. The lowest BCUT2D eigenvalue weighted by molar-refractivity contribution is -0.0229. The number of ether oxygens (including phenoxy) is 2. The van der Waals surface area contributed by atoms with Crippen LogP contribution in [0.2, 0.25) is 0 Å². The van der Waals surface area contributed by atoms with Crippen LogP contribution in [0, 0.1) is 0 Å². The Bertz CT molecular complexity index is 1380. The Labute approximate surface area is 214 Å². The van der Waals surface area contributed by atoms with Crippen LogP contribution in [0.5, 0.6) is 11.5 Å². The molecule has 37 heavy (non-hydrogen) atoms. The van der Waals surface area contributed by atoms with Gasteiger partial charge in [-0.2, -0.15) is 0 Å². The fraction of sp³-hybridized carbons (Fsp3) is 0.483. The standard InChI is InChI=1S/C29H33NO7/c1-29(2,33)23-13-19-21(36-23)14-22-25(27(19)35-17-5-3-4-6-17)26(32)24-18(11-12-20(31)28(24)37-22)15-7-9-16(30-34)10-8-15/h7-10,14,17-18,20,23,30-31,33-34H,3-6,11-13H2,1-2H3/t18-,20+,23+/m1/s1. The predicted molar refractivity (Wildman–Crippen MR) is 138 cm³/mol. The highest BCUT2D eigenvalue weighted by Gasteiger charge is 2.40. The number of rotatable bonds is 5. The normalized spacial score (nSPS) is 23.5. The maximum Gasteiger partial charge on any atom is 0.200 e. The molecule has 0 amide bonds. The smallest absolute Gasteiger partial charge is 0.200 e. The first-order valence-corrected chi connectivity index (χ1v) is 13.1. The number of nitrogens with one attached hydrogen (secondary N) is 1. The van der Waals surface area contributed by atoms with Crippen LogP contribution in [0.1, 0.15) is 86.8 Å². The van der Waals surface area contributed by atoms with Crippen LogP contribution < -0.4 is 20.4 Å². The van der Waals surface area contributed by atoms with Gasteiger partial charge in [-0.3, -0.25) is 15.5 Å². The molecule has 3 aromatic rings. The van der Waals surface area contributed by atoms with Crippen molar-refractivity contribution in [2.24, 2.45) is 0 Å². The number of fused-ring (bicyclic) bond motifs is 3. The molecule has 2 aromatic carbocycles. The van der Waals surface area contributed by atoms with Crippen molar-refractivity contribution in [2.75, 3.05) is 5.48 Å². The van der Waals surface area contributed by atoms with E-state index in [4.69, 9.17) is 13.9 Å². The van der Waals surface area contributed by atoms with Crippen LogP contribution in [0.4, 0.5) is 5.69 Å². The third-order valence-corrected chi connectivity index (χ3v) is 8.12. The molecular weight excluding hydrogens is 474 g/mol. The number of hydrogen-bond donors (Lipinski definition) is 4. The quantitative estimate of drug-likeness (QED) is 0.358. The molecule has 6 rings (SSSR count). The van der Waals surface area contributed by atoms with Crippen molar-refractivity contribution in [1.82, 2.24) is 0 Å². The highest BCUT2D eigenvalue weighted by molar-refractivity contribution is 5.88. The number of aliphatic hydroxyl groups excluding tert-OH is 1. The van der Waals surface area contributed by atoms with E-state index in [-0.39, 0.29) is 23.2 Å². The van der Waals surface area contributed by atoms with E-state index in [0.717, 1.165) is 36.8 Å². The second kappa shape index (κ2) is 9.04. The van der Waals surface area contributed by atoms with Crippen molar-refractivity contribution in [2.45, 2.75) is 88.6 Å². The summed E-state index contributed by atoms with van der Waals surface area (Å²) in [7, 11) is 0. The van der Waals surface area contributed by atoms with Gasteiger partial charge in [-0.15, -0.1) is 0 Å². The molecule has 3 atom stereocenters. The van der Waals surface area contributed by atoms with Crippen molar-refractivity contribution in [3.05, 3.63) is 63.0 Å². The lowest BCUT2D eigenvalue weighted by Crippen LogP contribution is -2.39. The first kappa shape index (κ1) is 24.3. The van der Waals surface area contributed by atoms with E-state index < -0.39 is 17.8 Å². The zero-order chi connectivity index (χ0) is 25.9. The summed E-state index contributed by atoms with van der Waals surface area (Å²) < 4.78 is 19.0. The second-order valence-corrected chi connectivity index (χ2v) is 11.1. The highest BCUT2D eigenvalue weighted by Crippen LogP contribution is 2.47. The average molecular weight is 508 g/mol. The summed E-state index contributed by atoms with van der Waals surface area (Å²) in [5.74, 6) is 1.05. The summed E-state index contributed by atoms with van der Waals surface area (Å²) in [5.41, 5.74) is 3.86. The van der Waals surface area contributed by atoms with Crippen LogP contribution >= 0.6 is 0 Å². The van der Waals surface area contributed by atoms with Crippen molar-refractivity contribution in [3.8, 4) is 11.5 Å². The summed E-state index contributed by atoms with van der Waals surface area (Å²) in [6.07, 6.45) is 4.11. The van der Waals surface area contributed by atoms with E-state index in [9.17, 15) is 20.2 Å². The zero-order valence-corrected chi connectivity index (χ0v) is 21.1. The van der Waals surface area contributed by atoms with E-state index in [1.807, 2.05) is 12.1 Å². The molecule has 196 valence electrons. The predicted octanol–water partition coefficient (Wildman–Crippen LogP) is 4.95. The van der Waals surface area contributed by atoms with Gasteiger partial charge in [-0.1, -0.05) is 12.1 Å². The molecule has 0 unspecified atom stereocenters. The van der Waals surface area contributed by atoms with E-state index in [1.165, 1.54) is 0 Å². The molecule has 2 heterocycles. The van der Waals surface area contributed by atoms with Crippen LogP contribution in [0.25, 0.3) is 11.0 Å². The Morgan fingerprint density at radius 1 is 1.08 bits per heavy atom. The summed E-state index contributed by atoms with van der Waals surface area (Å²) in [5, 5.41) is 31.1. The number of anilines is 1. The number of hydrogen-bond acceptors (Lipinski definition) is 8. The minimum absolute atomic E-state index is 0.00577. The minimum atomic E-state index is -1.08. The fourth-order valence-electron chi connectivity index (χ4n) is 6.04. The lowest BCUT2D eigenvalue weighted by Gasteiger charge is -2.28. The van der Waals surface area contributed by atoms with Crippen molar-refractivity contribution in [3.63, 3.8) is 0 Å².